The van der Waals surface area contributed by atoms with E-state index in [0.29, 0.717) is 18.5 Å². The van der Waals surface area contributed by atoms with Gasteiger partial charge in [0.1, 0.15) is 5.15 Å². The Bertz CT molecular complexity index is 862. The van der Waals surface area contributed by atoms with Crippen LogP contribution in [0.4, 0.5) is 5.69 Å². The summed E-state index contributed by atoms with van der Waals surface area (Å²) in [6.07, 6.45) is 4.78. The number of benzene rings is 1. The van der Waals surface area contributed by atoms with Crippen molar-refractivity contribution in [3.63, 3.8) is 0 Å². The molecular weight excluding hydrogens is 348 g/mol. The quantitative estimate of drug-likeness (QED) is 0.839. The van der Waals surface area contributed by atoms with Gasteiger partial charge < -0.3 is 5.32 Å². The van der Waals surface area contributed by atoms with E-state index in [1.807, 2.05) is 0 Å². The smallest absolute Gasteiger partial charge is 0.258 e. The molecule has 0 saturated heterocycles. The predicted molar refractivity (Wildman–Crippen MR) is 93.1 cm³/mol. The van der Waals surface area contributed by atoms with Crippen LogP contribution in [0.1, 0.15) is 36.0 Å². The molecule has 0 spiro atoms. The fourth-order valence-electron chi connectivity index (χ4n) is 2.90. The maximum atomic E-state index is 12.7. The topological polar surface area (TPSA) is 76.1 Å². The van der Waals surface area contributed by atoms with Crippen LogP contribution >= 0.6 is 11.6 Å². The number of halogens is 1. The van der Waals surface area contributed by atoms with Gasteiger partial charge in [0.25, 0.3) is 5.91 Å². The van der Waals surface area contributed by atoms with Gasteiger partial charge in [-0.25, -0.2) is 13.4 Å². The van der Waals surface area contributed by atoms with Gasteiger partial charge >= 0.3 is 0 Å². The maximum Gasteiger partial charge on any atom is 0.258 e. The Balaban J connectivity index is 1.83. The predicted octanol–water partition coefficient (Wildman–Crippen LogP) is 3.70. The number of carbonyl (C=O) groups excluding carboxylic acids is 1. The Hall–Kier alpha value is -1.92. The minimum Gasteiger partial charge on any atom is -0.322 e. The van der Waals surface area contributed by atoms with Crippen molar-refractivity contribution in [1.82, 2.24) is 4.98 Å². The van der Waals surface area contributed by atoms with Crippen molar-refractivity contribution in [3.05, 3.63) is 53.3 Å². The number of nitrogens with one attached hydrogen (secondary N) is 1. The highest BCUT2D eigenvalue weighted by Crippen LogP contribution is 2.30. The van der Waals surface area contributed by atoms with Gasteiger partial charge in [0.15, 0.2) is 9.84 Å². The molecule has 1 N–H and O–H groups in total. The molecular formula is C17H17ClN2O3S. The van der Waals surface area contributed by atoms with E-state index in [1.54, 1.807) is 30.3 Å². The number of carbonyl (C=O) groups is 1. The number of nitrogens with zero attached hydrogens (tertiary/aromatic N) is 1. The summed E-state index contributed by atoms with van der Waals surface area (Å²) in [6, 6.07) is 9.51. The van der Waals surface area contributed by atoms with E-state index in [9.17, 15) is 13.2 Å². The molecule has 7 heteroatoms. The van der Waals surface area contributed by atoms with Crippen LogP contribution in [0.15, 0.2) is 47.5 Å². The monoisotopic (exact) mass is 364 g/mol. The van der Waals surface area contributed by atoms with E-state index >= 15 is 0 Å². The number of rotatable bonds is 4. The summed E-state index contributed by atoms with van der Waals surface area (Å²) in [5.74, 6) is -0.427. The normalized spacial score (nSPS) is 15.4. The van der Waals surface area contributed by atoms with E-state index in [1.165, 1.54) is 12.3 Å². The number of hydrogen-bond donors (Lipinski definition) is 1. The number of pyridine rings is 1. The highest BCUT2D eigenvalue weighted by atomic mass is 35.5. The zero-order valence-corrected chi connectivity index (χ0v) is 14.5. The number of hydrogen-bond acceptors (Lipinski definition) is 4. The van der Waals surface area contributed by atoms with Gasteiger partial charge in [0, 0.05) is 11.9 Å². The summed E-state index contributed by atoms with van der Waals surface area (Å²) in [6.45, 7) is 0. The van der Waals surface area contributed by atoms with Crippen molar-refractivity contribution in [3.8, 4) is 0 Å². The first kappa shape index (κ1) is 16.9. The molecule has 2 aromatic rings. The van der Waals surface area contributed by atoms with Crippen LogP contribution in [0, 0.1) is 0 Å². The van der Waals surface area contributed by atoms with Crippen molar-refractivity contribution < 1.29 is 13.2 Å². The second kappa shape index (κ2) is 6.91. The van der Waals surface area contributed by atoms with E-state index in [0.717, 1.165) is 12.8 Å². The minimum atomic E-state index is -3.36. The summed E-state index contributed by atoms with van der Waals surface area (Å²) in [7, 11) is -3.36. The van der Waals surface area contributed by atoms with Crippen LogP contribution in [0.5, 0.6) is 0 Å². The summed E-state index contributed by atoms with van der Waals surface area (Å²) >= 11 is 5.91. The molecule has 1 fully saturated rings. The Kier molecular flexibility index (Phi) is 4.87. The molecule has 5 nitrogen and oxygen atoms in total. The van der Waals surface area contributed by atoms with Crippen LogP contribution < -0.4 is 5.32 Å². The zero-order chi connectivity index (χ0) is 17.2. The molecule has 3 rings (SSSR count). The Labute approximate surface area is 146 Å². The van der Waals surface area contributed by atoms with Crippen molar-refractivity contribution in [2.75, 3.05) is 5.32 Å². The van der Waals surface area contributed by atoms with Gasteiger partial charge in [-0.05, 0) is 43.2 Å². The van der Waals surface area contributed by atoms with Crippen LogP contribution in [0.25, 0.3) is 0 Å². The Morgan fingerprint density at radius 1 is 1.17 bits per heavy atom. The van der Waals surface area contributed by atoms with Crippen molar-refractivity contribution in [2.24, 2.45) is 0 Å². The number of amides is 1. The van der Waals surface area contributed by atoms with Crippen molar-refractivity contribution in [2.45, 2.75) is 35.8 Å². The number of sulfone groups is 1. The standard InChI is InChI=1S/C17H17ClN2O3S/c18-16-15(9-4-10-19-16)17(21)20-12-5-3-8-14(11-12)24(22,23)13-6-1-2-7-13/h3-5,8-11,13H,1-2,6-7H2,(H,20,21). The molecule has 0 radical (unpaired) electrons. The summed E-state index contributed by atoms with van der Waals surface area (Å²) in [5, 5.41) is 2.45. The van der Waals surface area contributed by atoms with Gasteiger partial charge in [0.2, 0.25) is 0 Å². The molecule has 1 heterocycles. The molecule has 0 bridgehead atoms. The van der Waals surface area contributed by atoms with Crippen LogP contribution in [0.2, 0.25) is 5.15 Å². The Morgan fingerprint density at radius 2 is 1.92 bits per heavy atom. The third-order valence-electron chi connectivity index (χ3n) is 4.17. The number of anilines is 1. The maximum absolute atomic E-state index is 12.7. The number of aromatic nitrogens is 1. The molecule has 0 aliphatic heterocycles. The lowest BCUT2D eigenvalue weighted by Crippen LogP contribution is -2.18. The lowest BCUT2D eigenvalue weighted by atomic mass is 10.2. The fourth-order valence-corrected chi connectivity index (χ4v) is 5.00. The van der Waals surface area contributed by atoms with Crippen LogP contribution in [0.3, 0.4) is 0 Å². The first-order chi connectivity index (χ1) is 11.5. The minimum absolute atomic E-state index is 0.102. The molecule has 1 aliphatic carbocycles. The Morgan fingerprint density at radius 3 is 2.62 bits per heavy atom. The van der Waals surface area contributed by atoms with E-state index < -0.39 is 15.7 Å². The van der Waals surface area contributed by atoms with Gasteiger partial charge in [-0.1, -0.05) is 30.5 Å². The largest absolute Gasteiger partial charge is 0.322 e. The molecule has 24 heavy (non-hydrogen) atoms. The van der Waals surface area contributed by atoms with Gasteiger partial charge in [-0.2, -0.15) is 0 Å². The SMILES string of the molecule is O=C(Nc1cccc(S(=O)(=O)C2CCCC2)c1)c1cccnc1Cl. The average molecular weight is 365 g/mol. The third kappa shape index (κ3) is 3.44. The average Bonchev–Trinajstić information content (AvgIpc) is 3.11. The van der Waals surface area contributed by atoms with Crippen LogP contribution in [-0.2, 0) is 9.84 Å². The van der Waals surface area contributed by atoms with Crippen molar-refractivity contribution in [1.29, 1.82) is 0 Å². The van der Waals surface area contributed by atoms with E-state index in [2.05, 4.69) is 10.3 Å². The van der Waals surface area contributed by atoms with E-state index in [-0.39, 0.29) is 20.9 Å². The van der Waals surface area contributed by atoms with Gasteiger partial charge in [-0.15, -0.1) is 0 Å². The van der Waals surface area contributed by atoms with Gasteiger partial charge in [0.05, 0.1) is 15.7 Å². The molecule has 1 aromatic carbocycles. The summed E-state index contributed by atoms with van der Waals surface area (Å²) in [4.78, 5) is 16.4. The molecule has 1 aromatic heterocycles. The van der Waals surface area contributed by atoms with Crippen LogP contribution in [-0.4, -0.2) is 24.6 Å². The zero-order valence-electron chi connectivity index (χ0n) is 12.9. The highest BCUT2D eigenvalue weighted by molar-refractivity contribution is 7.92. The molecule has 1 saturated carbocycles. The second-order valence-electron chi connectivity index (χ2n) is 5.78. The fraction of sp³-hybridized carbons (Fsp3) is 0.294. The molecule has 126 valence electrons. The highest BCUT2D eigenvalue weighted by Gasteiger charge is 2.30. The first-order valence-electron chi connectivity index (χ1n) is 7.74. The lowest BCUT2D eigenvalue weighted by molar-refractivity contribution is 0.102. The lowest BCUT2D eigenvalue weighted by Gasteiger charge is -2.13. The second-order valence-corrected chi connectivity index (χ2v) is 8.36. The molecule has 1 aliphatic rings. The first-order valence-corrected chi connectivity index (χ1v) is 9.67. The van der Waals surface area contributed by atoms with Gasteiger partial charge in [-0.3, -0.25) is 4.79 Å². The molecule has 1 amide bonds. The van der Waals surface area contributed by atoms with E-state index in [4.69, 9.17) is 11.6 Å². The van der Waals surface area contributed by atoms with Crippen molar-refractivity contribution >= 4 is 33.0 Å². The molecule has 0 unspecified atom stereocenters. The third-order valence-corrected chi connectivity index (χ3v) is 6.73. The summed E-state index contributed by atoms with van der Waals surface area (Å²) < 4.78 is 25.3. The molecule has 0 atom stereocenters. The summed E-state index contributed by atoms with van der Waals surface area (Å²) in [5.41, 5.74) is 0.655.